The van der Waals surface area contributed by atoms with Crippen LogP contribution in [0.4, 0.5) is 0 Å². The first kappa shape index (κ1) is 9.68. The molecule has 2 aromatic rings. The van der Waals surface area contributed by atoms with Crippen molar-refractivity contribution in [2.45, 2.75) is 6.04 Å². The summed E-state index contributed by atoms with van der Waals surface area (Å²) < 4.78 is 0. The summed E-state index contributed by atoms with van der Waals surface area (Å²) in [6.07, 6.45) is 0. The number of carbonyl (C=O) groups is 1. The number of rotatable bonds is 2. The Bertz CT molecular complexity index is 502. The van der Waals surface area contributed by atoms with Crippen LogP contribution in [-0.2, 0) is 4.79 Å². The van der Waals surface area contributed by atoms with Gasteiger partial charge in [0.1, 0.15) is 5.97 Å². The average molecular weight is 201 g/mol. The second-order valence-electron chi connectivity index (χ2n) is 3.44. The van der Waals surface area contributed by atoms with Crippen LogP contribution in [0.2, 0.25) is 0 Å². The number of fused-ring (bicyclic) bond motifs is 1. The first-order chi connectivity index (χ1) is 7.20. The second kappa shape index (κ2) is 3.71. The van der Waals surface area contributed by atoms with Crippen molar-refractivity contribution in [3.8, 4) is 0 Å². The topological polar surface area (TPSA) is 67.8 Å². The average Bonchev–Trinajstić information content (AvgIpc) is 2.27. The fraction of sp³-hybridized carbons (Fsp3) is 0.0833. The van der Waals surface area contributed by atoms with Gasteiger partial charge in [-0.25, -0.2) is 0 Å². The molecule has 0 aliphatic heterocycles. The summed E-state index contributed by atoms with van der Waals surface area (Å²) in [5.74, 6) is -1.15. The van der Waals surface area contributed by atoms with Gasteiger partial charge in [-0.05, 0) is 10.8 Å². The fourth-order valence-electron chi connectivity index (χ4n) is 1.68. The van der Waals surface area contributed by atoms with Crippen molar-refractivity contribution in [2.75, 3.05) is 0 Å². The van der Waals surface area contributed by atoms with Gasteiger partial charge >= 0.3 is 0 Å². The summed E-state index contributed by atoms with van der Waals surface area (Å²) in [5.41, 5.74) is 4.30. The highest BCUT2D eigenvalue weighted by Gasteiger charge is 2.13. The molecule has 0 saturated heterocycles. The van der Waals surface area contributed by atoms with Crippen LogP contribution in [0.3, 0.4) is 0 Å². The summed E-state index contributed by atoms with van der Waals surface area (Å²) in [5, 5.41) is 12.7. The molecule has 0 amide bonds. The molecule has 0 radical (unpaired) electrons. The first-order valence-electron chi connectivity index (χ1n) is 4.72. The molecule has 1 atom stereocenters. The SMILES string of the molecule is [NH3+][C@H](C(=O)[O-])c1cccc2ccccc12. The molecule has 0 aliphatic rings. The van der Waals surface area contributed by atoms with E-state index in [0.29, 0.717) is 5.56 Å². The molecule has 0 fully saturated rings. The number of hydrogen-bond acceptors (Lipinski definition) is 2. The highest BCUT2D eigenvalue weighted by atomic mass is 16.4. The Morgan fingerprint density at radius 3 is 2.53 bits per heavy atom. The molecule has 0 aliphatic carbocycles. The van der Waals surface area contributed by atoms with E-state index in [4.69, 9.17) is 0 Å². The third-order valence-corrected chi connectivity index (χ3v) is 2.48. The van der Waals surface area contributed by atoms with Crippen LogP contribution in [-0.4, -0.2) is 5.97 Å². The molecule has 3 heteroatoms. The van der Waals surface area contributed by atoms with E-state index in [2.05, 4.69) is 5.73 Å². The minimum absolute atomic E-state index is 0.702. The molecule has 0 aromatic heterocycles. The number of aliphatic carboxylic acids is 1. The maximum Gasteiger partial charge on any atom is 0.151 e. The Balaban J connectivity index is 2.65. The van der Waals surface area contributed by atoms with E-state index in [1.54, 1.807) is 6.07 Å². The zero-order valence-corrected chi connectivity index (χ0v) is 8.14. The third-order valence-electron chi connectivity index (χ3n) is 2.48. The lowest BCUT2D eigenvalue weighted by molar-refractivity contribution is -0.442. The van der Waals surface area contributed by atoms with Crippen LogP contribution in [0.5, 0.6) is 0 Å². The molecule has 3 nitrogen and oxygen atoms in total. The van der Waals surface area contributed by atoms with E-state index < -0.39 is 12.0 Å². The van der Waals surface area contributed by atoms with Gasteiger partial charge in [0.05, 0.1) is 0 Å². The smallest absolute Gasteiger partial charge is 0.151 e. The number of carboxylic acid groups (broad SMARTS) is 1. The number of quaternary nitrogens is 1. The molecule has 3 N–H and O–H groups in total. The molecule has 0 spiro atoms. The van der Waals surface area contributed by atoms with Crippen LogP contribution in [0.1, 0.15) is 11.6 Å². The van der Waals surface area contributed by atoms with Crippen molar-refractivity contribution < 1.29 is 15.6 Å². The summed E-state index contributed by atoms with van der Waals surface area (Å²) in [6.45, 7) is 0. The van der Waals surface area contributed by atoms with Gasteiger partial charge in [-0.1, -0.05) is 42.5 Å². The van der Waals surface area contributed by atoms with Crippen LogP contribution in [0.25, 0.3) is 10.8 Å². The predicted octanol–water partition coefficient (Wildman–Crippen LogP) is -0.127. The highest BCUT2D eigenvalue weighted by Crippen LogP contribution is 2.21. The molecule has 0 heterocycles. The predicted molar refractivity (Wildman–Crippen MR) is 54.6 cm³/mol. The van der Waals surface area contributed by atoms with Gasteiger partial charge in [-0.3, -0.25) is 0 Å². The molecule has 0 saturated carbocycles. The highest BCUT2D eigenvalue weighted by molar-refractivity contribution is 5.89. The summed E-state index contributed by atoms with van der Waals surface area (Å²) >= 11 is 0. The minimum Gasteiger partial charge on any atom is -0.544 e. The maximum absolute atomic E-state index is 10.8. The van der Waals surface area contributed by atoms with E-state index in [0.717, 1.165) is 10.8 Å². The van der Waals surface area contributed by atoms with Crippen molar-refractivity contribution in [3.63, 3.8) is 0 Å². The normalized spacial score (nSPS) is 12.6. The first-order valence-corrected chi connectivity index (χ1v) is 4.72. The van der Waals surface area contributed by atoms with E-state index in [-0.39, 0.29) is 0 Å². The number of carbonyl (C=O) groups excluding carboxylic acids is 1. The molecular formula is C12H11NO2. The standard InChI is InChI=1S/C12H11NO2/c13-11(12(14)15)10-7-3-5-8-4-1-2-6-9(8)10/h1-7,11H,13H2,(H,14,15)/t11-/m0/s1. The van der Waals surface area contributed by atoms with Gasteiger partial charge < -0.3 is 15.6 Å². The molecule has 0 unspecified atom stereocenters. The van der Waals surface area contributed by atoms with Crippen molar-refractivity contribution >= 4 is 16.7 Å². The van der Waals surface area contributed by atoms with Gasteiger partial charge in [-0.2, -0.15) is 0 Å². The minimum atomic E-state index is -1.15. The number of hydrogen-bond donors (Lipinski definition) is 1. The van der Waals surface area contributed by atoms with Crippen LogP contribution < -0.4 is 10.8 Å². The van der Waals surface area contributed by atoms with E-state index in [1.807, 2.05) is 36.4 Å². The van der Waals surface area contributed by atoms with Gasteiger partial charge in [0.2, 0.25) is 0 Å². The lowest BCUT2D eigenvalue weighted by Crippen LogP contribution is -2.61. The van der Waals surface area contributed by atoms with Crippen molar-refractivity contribution in [1.82, 2.24) is 0 Å². The molecular weight excluding hydrogens is 190 g/mol. The molecule has 2 aromatic carbocycles. The Hall–Kier alpha value is -1.87. The molecule has 76 valence electrons. The zero-order chi connectivity index (χ0) is 10.8. The van der Waals surface area contributed by atoms with Crippen LogP contribution in [0.15, 0.2) is 42.5 Å². The lowest BCUT2D eigenvalue weighted by atomic mass is 9.99. The van der Waals surface area contributed by atoms with Crippen molar-refractivity contribution in [3.05, 3.63) is 48.0 Å². The van der Waals surface area contributed by atoms with E-state index in [1.165, 1.54) is 0 Å². The summed E-state index contributed by atoms with van der Waals surface area (Å²) in [6, 6.07) is 12.4. The summed E-state index contributed by atoms with van der Waals surface area (Å²) in [7, 11) is 0. The van der Waals surface area contributed by atoms with Crippen LogP contribution in [0, 0.1) is 0 Å². The zero-order valence-electron chi connectivity index (χ0n) is 8.14. The van der Waals surface area contributed by atoms with E-state index >= 15 is 0 Å². The Kier molecular flexibility index (Phi) is 2.39. The van der Waals surface area contributed by atoms with Crippen LogP contribution >= 0.6 is 0 Å². The lowest BCUT2D eigenvalue weighted by Gasteiger charge is -2.12. The third kappa shape index (κ3) is 1.69. The van der Waals surface area contributed by atoms with Gasteiger partial charge in [0.25, 0.3) is 0 Å². The van der Waals surface area contributed by atoms with Crippen molar-refractivity contribution in [1.29, 1.82) is 0 Å². The summed E-state index contributed by atoms with van der Waals surface area (Å²) in [4.78, 5) is 10.8. The van der Waals surface area contributed by atoms with Gasteiger partial charge in [-0.15, -0.1) is 0 Å². The fourth-order valence-corrected chi connectivity index (χ4v) is 1.68. The quantitative estimate of drug-likeness (QED) is 0.735. The monoisotopic (exact) mass is 201 g/mol. The number of benzene rings is 2. The largest absolute Gasteiger partial charge is 0.544 e. The van der Waals surface area contributed by atoms with Gasteiger partial charge in [0, 0.05) is 5.56 Å². The second-order valence-corrected chi connectivity index (χ2v) is 3.44. The Morgan fingerprint density at radius 2 is 1.80 bits per heavy atom. The maximum atomic E-state index is 10.8. The molecule has 2 rings (SSSR count). The Morgan fingerprint density at radius 1 is 1.13 bits per heavy atom. The molecule has 15 heavy (non-hydrogen) atoms. The number of carboxylic acids is 1. The molecule has 0 bridgehead atoms. The van der Waals surface area contributed by atoms with E-state index in [9.17, 15) is 9.90 Å². The Labute approximate surface area is 87.1 Å². The van der Waals surface area contributed by atoms with Gasteiger partial charge in [0.15, 0.2) is 6.04 Å². The van der Waals surface area contributed by atoms with Crippen molar-refractivity contribution in [2.24, 2.45) is 0 Å².